The highest BCUT2D eigenvalue weighted by Gasteiger charge is 2.26. The SMILES string of the molecule is CCN(CC)CCNC1c2ccccc2OCC1C. The van der Waals surface area contributed by atoms with E-state index >= 15 is 0 Å². The maximum absolute atomic E-state index is 5.79. The predicted molar refractivity (Wildman–Crippen MR) is 79.6 cm³/mol. The lowest BCUT2D eigenvalue weighted by Gasteiger charge is -2.33. The molecule has 0 radical (unpaired) electrons. The van der Waals surface area contributed by atoms with Crippen LogP contribution in [0.2, 0.25) is 0 Å². The van der Waals surface area contributed by atoms with Crippen LogP contribution in [0.3, 0.4) is 0 Å². The van der Waals surface area contributed by atoms with Crippen molar-refractivity contribution < 1.29 is 4.74 Å². The number of fused-ring (bicyclic) bond motifs is 1. The van der Waals surface area contributed by atoms with Gasteiger partial charge in [-0.05, 0) is 19.2 Å². The molecule has 1 aromatic rings. The van der Waals surface area contributed by atoms with E-state index in [4.69, 9.17) is 4.74 Å². The summed E-state index contributed by atoms with van der Waals surface area (Å²) in [7, 11) is 0. The zero-order valence-corrected chi connectivity index (χ0v) is 12.4. The lowest BCUT2D eigenvalue weighted by Crippen LogP contribution is -2.38. The van der Waals surface area contributed by atoms with E-state index in [2.05, 4.69) is 49.2 Å². The largest absolute Gasteiger partial charge is 0.493 e. The number of nitrogens with zero attached hydrogens (tertiary/aromatic N) is 1. The Balaban J connectivity index is 1.96. The molecule has 2 unspecified atom stereocenters. The second kappa shape index (κ2) is 6.92. The fourth-order valence-electron chi connectivity index (χ4n) is 2.72. The van der Waals surface area contributed by atoms with Crippen molar-refractivity contribution in [2.75, 3.05) is 32.8 Å². The summed E-state index contributed by atoms with van der Waals surface area (Å²) >= 11 is 0. The minimum absolute atomic E-state index is 0.417. The van der Waals surface area contributed by atoms with Crippen LogP contribution < -0.4 is 10.1 Å². The molecule has 106 valence electrons. The van der Waals surface area contributed by atoms with E-state index in [1.807, 2.05) is 6.07 Å². The molecule has 2 atom stereocenters. The van der Waals surface area contributed by atoms with E-state index in [9.17, 15) is 0 Å². The van der Waals surface area contributed by atoms with Gasteiger partial charge in [-0.3, -0.25) is 0 Å². The van der Waals surface area contributed by atoms with Gasteiger partial charge >= 0.3 is 0 Å². The molecule has 1 aliphatic heterocycles. The normalized spacial score (nSPS) is 22.1. The van der Waals surface area contributed by atoms with Crippen LogP contribution in [-0.4, -0.2) is 37.7 Å². The minimum atomic E-state index is 0.417. The van der Waals surface area contributed by atoms with E-state index in [0.29, 0.717) is 12.0 Å². The number of hydrogen-bond donors (Lipinski definition) is 1. The molecule has 0 bridgehead atoms. The Kier molecular flexibility index (Phi) is 5.23. The van der Waals surface area contributed by atoms with Crippen molar-refractivity contribution in [3.63, 3.8) is 0 Å². The predicted octanol–water partition coefficient (Wildman–Crippen LogP) is 2.69. The molecule has 3 heteroatoms. The third-order valence-electron chi connectivity index (χ3n) is 4.01. The summed E-state index contributed by atoms with van der Waals surface area (Å²) in [6.07, 6.45) is 0. The van der Waals surface area contributed by atoms with Gasteiger partial charge in [0.15, 0.2) is 0 Å². The number of ether oxygens (including phenoxy) is 1. The molecule has 1 heterocycles. The van der Waals surface area contributed by atoms with E-state index in [1.165, 1.54) is 5.56 Å². The smallest absolute Gasteiger partial charge is 0.124 e. The Hall–Kier alpha value is -1.06. The van der Waals surface area contributed by atoms with Crippen LogP contribution in [0.5, 0.6) is 5.75 Å². The quantitative estimate of drug-likeness (QED) is 0.853. The van der Waals surface area contributed by atoms with E-state index < -0.39 is 0 Å². The Labute approximate surface area is 116 Å². The highest BCUT2D eigenvalue weighted by Crippen LogP contribution is 2.34. The number of likely N-dealkylation sites (N-methyl/N-ethyl adjacent to an activating group) is 1. The van der Waals surface area contributed by atoms with Crippen LogP contribution in [0.1, 0.15) is 32.4 Å². The molecule has 1 aromatic carbocycles. The minimum Gasteiger partial charge on any atom is -0.493 e. The lowest BCUT2D eigenvalue weighted by atomic mass is 9.92. The Bertz CT molecular complexity index is 390. The van der Waals surface area contributed by atoms with E-state index in [-0.39, 0.29) is 0 Å². The summed E-state index contributed by atoms with van der Waals surface area (Å²) in [5, 5.41) is 3.70. The lowest BCUT2D eigenvalue weighted by molar-refractivity contribution is 0.184. The highest BCUT2D eigenvalue weighted by atomic mass is 16.5. The van der Waals surface area contributed by atoms with Gasteiger partial charge in [0.1, 0.15) is 5.75 Å². The molecule has 1 aliphatic rings. The topological polar surface area (TPSA) is 24.5 Å². The van der Waals surface area contributed by atoms with E-state index in [1.54, 1.807) is 0 Å². The average Bonchev–Trinajstić information content (AvgIpc) is 2.45. The summed E-state index contributed by atoms with van der Waals surface area (Å²) in [6, 6.07) is 8.81. The first-order chi connectivity index (χ1) is 9.26. The molecule has 0 aromatic heterocycles. The van der Waals surface area contributed by atoms with Gasteiger partial charge in [0.05, 0.1) is 6.61 Å². The van der Waals surface area contributed by atoms with Gasteiger partial charge in [0, 0.05) is 30.6 Å². The van der Waals surface area contributed by atoms with Gasteiger partial charge < -0.3 is 15.0 Å². The van der Waals surface area contributed by atoms with Gasteiger partial charge in [-0.15, -0.1) is 0 Å². The van der Waals surface area contributed by atoms with Gasteiger partial charge in [-0.2, -0.15) is 0 Å². The van der Waals surface area contributed by atoms with Gasteiger partial charge in [0.25, 0.3) is 0 Å². The zero-order chi connectivity index (χ0) is 13.7. The number of para-hydroxylation sites is 1. The summed E-state index contributed by atoms with van der Waals surface area (Å²) in [4.78, 5) is 2.45. The summed E-state index contributed by atoms with van der Waals surface area (Å²) in [5.74, 6) is 1.56. The molecular formula is C16H26N2O. The van der Waals surface area contributed by atoms with Gasteiger partial charge in [-0.25, -0.2) is 0 Å². The molecular weight excluding hydrogens is 236 g/mol. The first-order valence-electron chi connectivity index (χ1n) is 7.43. The molecule has 0 amide bonds. The Morgan fingerprint density at radius 3 is 2.74 bits per heavy atom. The van der Waals surface area contributed by atoms with Crippen molar-refractivity contribution in [1.29, 1.82) is 0 Å². The van der Waals surface area contributed by atoms with E-state index in [0.717, 1.165) is 38.5 Å². The summed E-state index contributed by atoms with van der Waals surface area (Å²) in [5.41, 5.74) is 1.31. The van der Waals surface area contributed by atoms with Crippen LogP contribution in [0.15, 0.2) is 24.3 Å². The van der Waals surface area contributed by atoms with Gasteiger partial charge in [-0.1, -0.05) is 39.0 Å². The first-order valence-corrected chi connectivity index (χ1v) is 7.43. The van der Waals surface area contributed by atoms with Crippen molar-refractivity contribution in [1.82, 2.24) is 10.2 Å². The standard InChI is InChI=1S/C16H26N2O/c1-4-18(5-2)11-10-17-16-13(3)12-19-15-9-7-6-8-14(15)16/h6-9,13,16-17H,4-5,10-12H2,1-3H3. The van der Waals surface area contributed by atoms with Crippen LogP contribution in [-0.2, 0) is 0 Å². The zero-order valence-electron chi connectivity index (χ0n) is 12.4. The molecule has 0 spiro atoms. The molecule has 1 N–H and O–H groups in total. The molecule has 0 fully saturated rings. The highest BCUT2D eigenvalue weighted by molar-refractivity contribution is 5.37. The molecule has 0 aliphatic carbocycles. The molecule has 0 saturated heterocycles. The van der Waals surface area contributed by atoms with Crippen molar-refractivity contribution in [2.24, 2.45) is 5.92 Å². The van der Waals surface area contributed by atoms with Crippen molar-refractivity contribution in [3.05, 3.63) is 29.8 Å². The molecule has 0 saturated carbocycles. The monoisotopic (exact) mass is 262 g/mol. The Morgan fingerprint density at radius 2 is 2.00 bits per heavy atom. The second-order valence-corrected chi connectivity index (χ2v) is 5.28. The van der Waals surface area contributed by atoms with Crippen LogP contribution in [0, 0.1) is 5.92 Å². The number of rotatable bonds is 6. The number of hydrogen-bond acceptors (Lipinski definition) is 3. The summed E-state index contributed by atoms with van der Waals surface area (Å²) < 4.78 is 5.79. The third kappa shape index (κ3) is 3.48. The second-order valence-electron chi connectivity index (χ2n) is 5.28. The van der Waals surface area contributed by atoms with Crippen molar-refractivity contribution >= 4 is 0 Å². The molecule has 2 rings (SSSR count). The fraction of sp³-hybridized carbons (Fsp3) is 0.625. The van der Waals surface area contributed by atoms with Crippen molar-refractivity contribution in [3.8, 4) is 5.75 Å². The molecule has 19 heavy (non-hydrogen) atoms. The fourth-order valence-corrected chi connectivity index (χ4v) is 2.72. The van der Waals surface area contributed by atoms with Crippen LogP contribution in [0.4, 0.5) is 0 Å². The average molecular weight is 262 g/mol. The van der Waals surface area contributed by atoms with Crippen LogP contribution in [0.25, 0.3) is 0 Å². The van der Waals surface area contributed by atoms with Gasteiger partial charge in [0.2, 0.25) is 0 Å². The maximum atomic E-state index is 5.79. The van der Waals surface area contributed by atoms with Crippen LogP contribution >= 0.6 is 0 Å². The maximum Gasteiger partial charge on any atom is 0.124 e. The third-order valence-corrected chi connectivity index (χ3v) is 4.01. The number of nitrogens with one attached hydrogen (secondary N) is 1. The Morgan fingerprint density at radius 1 is 1.26 bits per heavy atom. The summed E-state index contributed by atoms with van der Waals surface area (Å²) in [6.45, 7) is 11.9. The van der Waals surface area contributed by atoms with Crippen molar-refractivity contribution in [2.45, 2.75) is 26.8 Å². The number of benzene rings is 1. The first kappa shape index (κ1) is 14.4. The molecule has 3 nitrogen and oxygen atoms in total.